The predicted octanol–water partition coefficient (Wildman–Crippen LogP) is 1.84. The van der Waals surface area contributed by atoms with Crippen LogP contribution in [0.25, 0.3) is 22.4 Å². The van der Waals surface area contributed by atoms with Crippen molar-refractivity contribution in [3.8, 4) is 11.3 Å². The van der Waals surface area contributed by atoms with Crippen molar-refractivity contribution in [1.82, 2.24) is 12.3 Å². The van der Waals surface area contributed by atoms with Crippen LogP contribution in [0.5, 0.6) is 0 Å². The molecule has 0 bridgehead atoms. The van der Waals surface area contributed by atoms with Gasteiger partial charge in [-0.15, -0.1) is 0 Å². The van der Waals surface area contributed by atoms with Crippen LogP contribution in [0.15, 0.2) is 42.7 Å². The van der Waals surface area contributed by atoms with Gasteiger partial charge in [0.2, 0.25) is 0 Å². The molecule has 1 aromatic carbocycles. The van der Waals surface area contributed by atoms with E-state index in [4.69, 9.17) is 0 Å². The Morgan fingerprint density at radius 2 is 1.89 bits per heavy atom. The van der Waals surface area contributed by atoms with Crippen LogP contribution in [-0.2, 0) is 0 Å². The van der Waals surface area contributed by atoms with Gasteiger partial charge in [0.25, 0.3) is 0 Å². The van der Waals surface area contributed by atoms with Crippen molar-refractivity contribution in [2.45, 2.75) is 0 Å². The summed E-state index contributed by atoms with van der Waals surface area (Å²) in [5.74, 6) is 0. The SMILES string of the molecule is O=Cc1ccc(-c2ccc3c(nc[n]3[Tl])n2)cc1. The van der Waals surface area contributed by atoms with Crippen molar-refractivity contribution in [2.75, 3.05) is 0 Å². The van der Waals surface area contributed by atoms with Gasteiger partial charge in [0.05, 0.1) is 0 Å². The van der Waals surface area contributed by atoms with E-state index in [0.29, 0.717) is 31.6 Å². The zero-order chi connectivity index (χ0) is 12.5. The third-order valence-corrected chi connectivity index (χ3v) is 4.38. The van der Waals surface area contributed by atoms with Gasteiger partial charge in [0, 0.05) is 0 Å². The number of aldehydes is 1. The molecule has 0 amide bonds. The van der Waals surface area contributed by atoms with E-state index in [1.165, 1.54) is 0 Å². The molecule has 0 fully saturated rings. The van der Waals surface area contributed by atoms with Gasteiger partial charge in [0.1, 0.15) is 0 Å². The van der Waals surface area contributed by atoms with Crippen LogP contribution in [-0.4, -0.2) is 44.7 Å². The molecule has 0 aliphatic carbocycles. The molecule has 0 aliphatic heterocycles. The van der Waals surface area contributed by atoms with E-state index in [1.807, 2.05) is 30.6 Å². The van der Waals surface area contributed by atoms with Gasteiger partial charge in [0.15, 0.2) is 0 Å². The molecule has 4 nitrogen and oxygen atoms in total. The molecule has 0 radical (unpaired) electrons. The first kappa shape index (κ1) is 11.5. The normalized spacial score (nSPS) is 10.6. The average Bonchev–Trinajstić information content (AvgIpc) is 2.80. The molecule has 0 saturated heterocycles. The molecule has 2 aromatic heterocycles. The number of nitrogens with zero attached hydrogens (tertiary/aromatic N) is 3. The fourth-order valence-electron chi connectivity index (χ4n) is 1.81. The number of aromatic nitrogens is 3. The third kappa shape index (κ3) is 1.96. The Morgan fingerprint density at radius 1 is 1.11 bits per heavy atom. The van der Waals surface area contributed by atoms with Gasteiger partial charge in [-0.1, -0.05) is 0 Å². The minimum absolute atomic E-state index is 0.671. The zero-order valence-corrected chi connectivity index (χ0v) is 13.9. The van der Waals surface area contributed by atoms with E-state index in [9.17, 15) is 4.79 Å². The molecule has 0 aliphatic rings. The maximum atomic E-state index is 10.6. The molecule has 18 heavy (non-hydrogen) atoms. The first-order chi connectivity index (χ1) is 8.78. The molecule has 0 N–H and O–H groups in total. The number of pyridine rings is 1. The molecular weight excluding hydrogens is 419 g/mol. The van der Waals surface area contributed by atoms with E-state index >= 15 is 0 Å². The summed E-state index contributed by atoms with van der Waals surface area (Å²) in [7, 11) is 0. The van der Waals surface area contributed by atoms with Crippen molar-refractivity contribution in [2.24, 2.45) is 0 Å². The van der Waals surface area contributed by atoms with Gasteiger partial charge in [-0.05, 0) is 0 Å². The topological polar surface area (TPSA) is 47.8 Å². The number of imidazole rings is 1. The van der Waals surface area contributed by atoms with Crippen LogP contribution in [0.2, 0.25) is 0 Å². The number of fused-ring (bicyclic) bond motifs is 1. The van der Waals surface area contributed by atoms with E-state index in [0.717, 1.165) is 28.7 Å². The van der Waals surface area contributed by atoms with E-state index in [-0.39, 0.29) is 0 Å². The first-order valence-electron chi connectivity index (χ1n) is 5.43. The second kappa shape index (κ2) is 4.60. The predicted molar refractivity (Wildman–Crippen MR) is 69.5 cm³/mol. The molecule has 0 unspecified atom stereocenters. The van der Waals surface area contributed by atoms with Crippen LogP contribution < -0.4 is 0 Å². The fraction of sp³-hybridized carbons (Fsp3) is 0. The van der Waals surface area contributed by atoms with E-state index in [2.05, 4.69) is 12.3 Å². The Bertz CT molecular complexity index is 719. The summed E-state index contributed by atoms with van der Waals surface area (Å²) >= 11 is 0.694. The van der Waals surface area contributed by atoms with Crippen molar-refractivity contribution in [3.63, 3.8) is 0 Å². The van der Waals surface area contributed by atoms with Crippen LogP contribution >= 0.6 is 0 Å². The molecule has 3 aromatic rings. The summed E-state index contributed by atoms with van der Waals surface area (Å²) < 4.78 is 2.10. The summed E-state index contributed by atoms with van der Waals surface area (Å²) in [6.07, 6.45) is 2.66. The number of carbonyl (C=O) groups excluding carboxylic acids is 1. The molecular formula is C13H8N3OTl. The second-order valence-electron chi connectivity index (χ2n) is 3.93. The quantitative estimate of drug-likeness (QED) is 0.464. The van der Waals surface area contributed by atoms with Crippen molar-refractivity contribution < 1.29 is 4.79 Å². The van der Waals surface area contributed by atoms with Crippen molar-refractivity contribution in [3.05, 3.63) is 48.3 Å². The summed E-state index contributed by atoms with van der Waals surface area (Å²) in [5, 5.41) is 0. The Balaban J connectivity index is 2.09. The third-order valence-electron chi connectivity index (χ3n) is 2.78. The molecule has 0 saturated carbocycles. The molecule has 3 rings (SSSR count). The molecule has 0 spiro atoms. The molecule has 5 heteroatoms. The zero-order valence-electron chi connectivity index (χ0n) is 9.45. The fourth-order valence-corrected chi connectivity index (χ4v) is 2.85. The number of rotatable bonds is 2. The summed E-state index contributed by atoms with van der Waals surface area (Å²) in [4.78, 5) is 19.4. The first-order valence-corrected chi connectivity index (χ1v) is 7.43. The Morgan fingerprint density at radius 3 is 2.61 bits per heavy atom. The van der Waals surface area contributed by atoms with Gasteiger partial charge < -0.3 is 0 Å². The van der Waals surface area contributed by atoms with Crippen molar-refractivity contribution >= 4 is 43.5 Å². The van der Waals surface area contributed by atoms with Crippen LogP contribution in [0.3, 0.4) is 0 Å². The average molecular weight is 427 g/mol. The van der Waals surface area contributed by atoms with Crippen molar-refractivity contribution in [1.29, 1.82) is 0 Å². The van der Waals surface area contributed by atoms with Crippen LogP contribution in [0.1, 0.15) is 10.4 Å². The van der Waals surface area contributed by atoms with Gasteiger partial charge in [-0.25, -0.2) is 0 Å². The Hall–Kier alpha value is -1.57. The number of benzene rings is 1. The Labute approximate surface area is 120 Å². The summed E-state index contributed by atoms with van der Waals surface area (Å²) in [5.41, 5.74) is 4.39. The number of hydrogen-bond acceptors (Lipinski definition) is 3. The summed E-state index contributed by atoms with van der Waals surface area (Å²) in [6.45, 7) is 0. The number of carbonyl (C=O) groups is 1. The van der Waals surface area contributed by atoms with Crippen LogP contribution in [0.4, 0.5) is 0 Å². The van der Waals surface area contributed by atoms with Crippen LogP contribution in [0, 0.1) is 0 Å². The molecule has 0 atom stereocenters. The van der Waals surface area contributed by atoms with Gasteiger partial charge >= 0.3 is 120 Å². The monoisotopic (exact) mass is 427 g/mol. The minimum atomic E-state index is 0.671. The molecule has 84 valence electrons. The van der Waals surface area contributed by atoms with Gasteiger partial charge in [-0.3, -0.25) is 0 Å². The standard InChI is InChI=1S/C13H9N3O.Tl/c17-7-9-1-3-10(4-2-9)11-5-6-12-13(16-11)15-8-14-12;/h1-8H,(H,14,15,16,17);/q;+1/p-1. The van der Waals surface area contributed by atoms with E-state index < -0.39 is 0 Å². The van der Waals surface area contributed by atoms with Gasteiger partial charge in [-0.2, -0.15) is 0 Å². The Kier molecular flexibility index (Phi) is 2.94. The summed E-state index contributed by atoms with van der Waals surface area (Å²) in [6, 6.07) is 11.4. The van der Waals surface area contributed by atoms with E-state index in [1.54, 1.807) is 12.1 Å². The maximum absolute atomic E-state index is 10.6. The molecule has 2 heterocycles. The second-order valence-corrected chi connectivity index (χ2v) is 6.09. The number of hydrogen-bond donors (Lipinski definition) is 0.